The highest BCUT2D eigenvalue weighted by Gasteiger charge is 2.38. The minimum absolute atomic E-state index is 0.194. The Kier molecular flexibility index (Phi) is 35.4. The first-order chi connectivity index (χ1) is 45.4. The fraction of sp³-hybridized carbons (Fsp3) is 0.558. The molecule has 6 nitrogen and oxygen atoms in total. The van der Waals surface area contributed by atoms with Gasteiger partial charge in [0.25, 0.3) is 0 Å². The Hall–Kier alpha value is -6.14. The van der Waals surface area contributed by atoms with Gasteiger partial charge in [0, 0.05) is 22.7 Å². The molecule has 6 aromatic carbocycles. The second-order valence-electron chi connectivity index (χ2n) is 27.5. The van der Waals surface area contributed by atoms with Crippen LogP contribution >= 0.6 is 0 Å². The number of carbonyl (C=O) groups excluding carboxylic acids is 2. The van der Waals surface area contributed by atoms with Crippen LogP contribution in [-0.2, 0) is 25.7 Å². The Morgan fingerprint density at radius 2 is 0.348 bits per heavy atom. The molecule has 0 aliphatic heterocycles. The summed E-state index contributed by atoms with van der Waals surface area (Å²) in [7, 11) is 0. The predicted octanol–water partition coefficient (Wildman–Crippen LogP) is 27.3. The molecule has 0 saturated heterocycles. The van der Waals surface area contributed by atoms with E-state index < -0.39 is 0 Å². The zero-order valence-corrected chi connectivity index (χ0v) is 58.5. The molecule has 0 atom stereocenters. The van der Waals surface area contributed by atoms with Gasteiger partial charge in [0.05, 0.1) is 45.0 Å². The Morgan fingerprint density at radius 3 is 0.511 bits per heavy atom. The van der Waals surface area contributed by atoms with Gasteiger partial charge in [0.15, 0.2) is 11.6 Å². The molecule has 0 amide bonds. The molecule has 0 radical (unpaired) electrons. The zero-order chi connectivity index (χ0) is 64.5. The van der Waals surface area contributed by atoms with Gasteiger partial charge in [0.2, 0.25) is 0 Å². The van der Waals surface area contributed by atoms with Crippen LogP contribution in [0, 0.1) is 0 Å². The lowest BCUT2D eigenvalue weighted by atomic mass is 9.80. The summed E-state index contributed by atoms with van der Waals surface area (Å²) in [5.74, 6) is -0.388. The van der Waals surface area contributed by atoms with E-state index in [0.29, 0.717) is 45.0 Å². The standard InChI is InChI=1S/C86H124N4O2/c1-5-9-13-17-21-25-29-33-37-41-45-69-49-57-73(58-50-69)87-77-65-66-78(88-74-59-51-70(52-60-74)46-42-38-34-30-26-22-18-14-10-6-2)82-81(77)85(91)83-79(89-75-61-53-71(54-62-75)47-43-39-35-31-27-23-19-15-11-7-3)67-68-80(84(83)86(82)92)90-76-63-55-72(56-64-76)48-44-40-36-32-28-24-20-16-12-8-4/h49-68,87-90H,5-48H2,1-4H3. The molecule has 1 aliphatic carbocycles. The Balaban J connectivity index is 1.11. The van der Waals surface area contributed by atoms with Crippen LogP contribution in [0.25, 0.3) is 0 Å². The van der Waals surface area contributed by atoms with Gasteiger partial charge in [-0.25, -0.2) is 0 Å². The lowest BCUT2D eigenvalue weighted by Gasteiger charge is -2.27. The van der Waals surface area contributed by atoms with Crippen molar-refractivity contribution in [1.82, 2.24) is 0 Å². The summed E-state index contributed by atoms with van der Waals surface area (Å²) in [5.41, 5.74) is 12.8. The molecule has 1 aliphatic rings. The van der Waals surface area contributed by atoms with E-state index in [1.54, 1.807) is 0 Å². The predicted molar refractivity (Wildman–Crippen MR) is 401 cm³/mol. The zero-order valence-electron chi connectivity index (χ0n) is 58.5. The number of aryl methyl sites for hydroxylation is 4. The van der Waals surface area contributed by atoms with Gasteiger partial charge in [-0.1, -0.05) is 307 Å². The number of carbonyl (C=O) groups is 2. The first-order valence-electron chi connectivity index (χ1n) is 38.3. The summed E-state index contributed by atoms with van der Waals surface area (Å²) in [6, 6.07) is 42.7. The summed E-state index contributed by atoms with van der Waals surface area (Å²) < 4.78 is 0. The maximum Gasteiger partial charge on any atom is 0.198 e. The second kappa shape index (κ2) is 44.5. The van der Waals surface area contributed by atoms with Crippen molar-refractivity contribution in [3.63, 3.8) is 0 Å². The highest BCUT2D eigenvalue weighted by atomic mass is 16.1. The summed E-state index contributed by atoms with van der Waals surface area (Å²) in [6.07, 6.45) is 57.1. The van der Waals surface area contributed by atoms with E-state index in [-0.39, 0.29) is 11.6 Å². The number of benzene rings is 6. The van der Waals surface area contributed by atoms with Crippen LogP contribution in [0.5, 0.6) is 0 Å². The van der Waals surface area contributed by atoms with Gasteiger partial charge in [-0.15, -0.1) is 0 Å². The summed E-state index contributed by atoms with van der Waals surface area (Å²) >= 11 is 0. The molecule has 0 unspecified atom stereocenters. The number of hydrogen-bond acceptors (Lipinski definition) is 6. The van der Waals surface area contributed by atoms with Crippen LogP contribution in [0.4, 0.5) is 45.5 Å². The van der Waals surface area contributed by atoms with Gasteiger partial charge in [-0.05, 0) is 146 Å². The average Bonchev–Trinajstić information content (AvgIpc) is 0.728. The third-order valence-corrected chi connectivity index (χ3v) is 19.5. The van der Waals surface area contributed by atoms with Gasteiger partial charge in [-0.2, -0.15) is 0 Å². The summed E-state index contributed by atoms with van der Waals surface area (Å²) in [4.78, 5) is 32.0. The van der Waals surface area contributed by atoms with E-state index in [1.165, 1.54) is 279 Å². The fourth-order valence-electron chi connectivity index (χ4n) is 13.7. The first-order valence-corrected chi connectivity index (χ1v) is 38.3. The van der Waals surface area contributed by atoms with Crippen LogP contribution in [0.3, 0.4) is 0 Å². The van der Waals surface area contributed by atoms with Crippen molar-refractivity contribution < 1.29 is 9.59 Å². The van der Waals surface area contributed by atoms with E-state index in [2.05, 4.69) is 146 Å². The fourth-order valence-corrected chi connectivity index (χ4v) is 13.7. The molecule has 92 heavy (non-hydrogen) atoms. The van der Waals surface area contributed by atoms with Crippen molar-refractivity contribution in [2.75, 3.05) is 21.3 Å². The Morgan fingerprint density at radius 1 is 0.196 bits per heavy atom. The summed E-state index contributed by atoms with van der Waals surface area (Å²) in [5, 5.41) is 14.7. The van der Waals surface area contributed by atoms with Crippen molar-refractivity contribution in [2.24, 2.45) is 0 Å². The van der Waals surface area contributed by atoms with Crippen LogP contribution in [0.15, 0.2) is 121 Å². The molecule has 0 bridgehead atoms. The number of anilines is 8. The van der Waals surface area contributed by atoms with Gasteiger partial charge in [0.1, 0.15) is 0 Å². The number of nitrogens with one attached hydrogen (secondary N) is 4. The van der Waals surface area contributed by atoms with E-state index in [0.717, 1.165) is 48.4 Å². The van der Waals surface area contributed by atoms with Crippen LogP contribution in [0.1, 0.15) is 339 Å². The lowest BCUT2D eigenvalue weighted by molar-refractivity contribution is 0.0981. The van der Waals surface area contributed by atoms with Crippen LogP contribution in [0.2, 0.25) is 0 Å². The molecule has 0 heterocycles. The number of hydrogen-bond donors (Lipinski definition) is 4. The van der Waals surface area contributed by atoms with Gasteiger partial charge in [-0.3, -0.25) is 9.59 Å². The third kappa shape index (κ3) is 26.3. The Labute approximate surface area is 560 Å². The molecule has 500 valence electrons. The van der Waals surface area contributed by atoms with Crippen molar-refractivity contribution in [3.05, 3.63) is 166 Å². The molecular weight excluding hydrogens is 1120 g/mol. The normalized spacial score (nSPS) is 11.9. The molecule has 6 heteroatoms. The minimum atomic E-state index is -0.194. The van der Waals surface area contributed by atoms with Crippen molar-refractivity contribution in [3.8, 4) is 0 Å². The molecule has 0 fully saturated rings. The quantitative estimate of drug-likeness (QED) is 0.0285. The van der Waals surface area contributed by atoms with Crippen molar-refractivity contribution in [2.45, 2.75) is 310 Å². The number of ketones is 2. The lowest BCUT2D eigenvalue weighted by Crippen LogP contribution is -2.25. The number of rotatable bonds is 52. The average molecular weight is 1250 g/mol. The molecule has 0 saturated carbocycles. The molecule has 0 aromatic heterocycles. The van der Waals surface area contributed by atoms with Gasteiger partial charge >= 0.3 is 0 Å². The monoisotopic (exact) mass is 1240 g/mol. The third-order valence-electron chi connectivity index (χ3n) is 19.5. The SMILES string of the molecule is CCCCCCCCCCCCc1ccc(Nc2ccc(Nc3ccc(CCCCCCCCCCCC)cc3)c3c2C(=O)c2c(Nc4ccc(CCCCCCCCCCCC)cc4)ccc(Nc4ccc(CCCCCCCCCCCC)cc4)c2C3=O)cc1. The molecule has 0 spiro atoms. The molecule has 6 aromatic rings. The van der Waals surface area contributed by atoms with Crippen LogP contribution < -0.4 is 21.3 Å². The topological polar surface area (TPSA) is 82.3 Å². The first kappa shape index (κ1) is 73.3. The number of fused-ring (bicyclic) bond motifs is 2. The molecule has 4 N–H and O–H groups in total. The smallest absolute Gasteiger partial charge is 0.198 e. The van der Waals surface area contributed by atoms with Crippen LogP contribution in [-0.4, -0.2) is 11.6 Å². The second-order valence-corrected chi connectivity index (χ2v) is 27.5. The highest BCUT2D eigenvalue weighted by molar-refractivity contribution is 6.35. The molecular formula is C86H124N4O2. The van der Waals surface area contributed by atoms with E-state index in [4.69, 9.17) is 0 Å². The highest BCUT2D eigenvalue weighted by Crippen LogP contribution is 2.44. The largest absolute Gasteiger partial charge is 0.355 e. The maximum absolute atomic E-state index is 16.0. The maximum atomic E-state index is 16.0. The van der Waals surface area contributed by atoms with E-state index in [9.17, 15) is 0 Å². The van der Waals surface area contributed by atoms with Crippen molar-refractivity contribution in [1.29, 1.82) is 0 Å². The van der Waals surface area contributed by atoms with E-state index in [1.807, 2.05) is 24.3 Å². The molecule has 7 rings (SSSR count). The van der Waals surface area contributed by atoms with E-state index >= 15 is 9.59 Å². The summed E-state index contributed by atoms with van der Waals surface area (Å²) in [6.45, 7) is 9.14. The number of unbranched alkanes of at least 4 members (excludes halogenated alkanes) is 36. The Bertz CT molecular complexity index is 2560. The van der Waals surface area contributed by atoms with Crippen molar-refractivity contribution >= 4 is 57.1 Å². The minimum Gasteiger partial charge on any atom is -0.355 e. The van der Waals surface area contributed by atoms with Gasteiger partial charge < -0.3 is 21.3 Å².